The summed E-state index contributed by atoms with van der Waals surface area (Å²) >= 11 is 0. The van der Waals surface area contributed by atoms with Crippen LogP contribution in [-0.4, -0.2) is 62.8 Å². The molecule has 0 aliphatic carbocycles. The molecule has 1 fully saturated rings. The molecule has 0 unspecified atom stereocenters. The van der Waals surface area contributed by atoms with Crippen LogP contribution in [0.5, 0.6) is 0 Å². The Kier molecular flexibility index (Phi) is 9.61. The number of methoxy groups -OCH3 is 1. The maximum absolute atomic E-state index is 7.16. The number of hydrogen-bond acceptors (Lipinski definition) is 5. The fourth-order valence-corrected chi connectivity index (χ4v) is 7.08. The van der Waals surface area contributed by atoms with E-state index in [1.807, 2.05) is 0 Å². The molecule has 1 aliphatic heterocycles. The van der Waals surface area contributed by atoms with Crippen LogP contribution in [0.4, 0.5) is 0 Å². The van der Waals surface area contributed by atoms with Crippen molar-refractivity contribution in [3.05, 3.63) is 0 Å². The van der Waals surface area contributed by atoms with Crippen molar-refractivity contribution in [1.29, 1.82) is 0 Å². The summed E-state index contributed by atoms with van der Waals surface area (Å²) in [5.74, 6) is 0. The van der Waals surface area contributed by atoms with E-state index >= 15 is 0 Å². The fourth-order valence-electron chi connectivity index (χ4n) is 3.14. The molecule has 0 bridgehead atoms. The molecule has 33 heavy (non-hydrogen) atoms. The van der Waals surface area contributed by atoms with Gasteiger partial charge in [0.2, 0.25) is 0 Å². The van der Waals surface area contributed by atoms with Crippen molar-refractivity contribution in [3.63, 3.8) is 0 Å². The first-order valence-electron chi connectivity index (χ1n) is 12.6. The van der Waals surface area contributed by atoms with E-state index in [9.17, 15) is 0 Å². The first-order valence-corrected chi connectivity index (χ1v) is 21.3. The molecule has 1 aliphatic rings. The average molecular weight is 521 g/mol. The van der Waals surface area contributed by atoms with E-state index in [1.165, 1.54) is 0 Å². The molecule has 5 atom stereocenters. The summed E-state index contributed by atoms with van der Waals surface area (Å²) in [5, 5.41) is 0.216. The highest BCUT2D eigenvalue weighted by Gasteiger charge is 2.55. The van der Waals surface area contributed by atoms with Gasteiger partial charge in [-0.25, -0.2) is 0 Å². The van der Waals surface area contributed by atoms with E-state index < -0.39 is 31.2 Å². The third-order valence-corrected chi connectivity index (χ3v) is 22.1. The molecule has 0 aromatic carbocycles. The lowest BCUT2D eigenvalue weighted by Crippen LogP contribution is -2.67. The molecule has 1 rings (SSSR count). The molecule has 1 saturated heterocycles. The van der Waals surface area contributed by atoms with Gasteiger partial charge in [0.15, 0.2) is 31.2 Å². The van der Waals surface area contributed by atoms with Gasteiger partial charge in [-0.2, -0.15) is 0 Å². The van der Waals surface area contributed by atoms with Crippen LogP contribution >= 0.6 is 0 Å². The number of ether oxygens (including phenoxy) is 2. The summed E-state index contributed by atoms with van der Waals surface area (Å²) in [5.41, 5.74) is 0. The Morgan fingerprint density at radius 2 is 0.848 bits per heavy atom. The van der Waals surface area contributed by atoms with Crippen molar-refractivity contribution in [2.75, 3.05) is 7.11 Å². The van der Waals surface area contributed by atoms with Crippen molar-refractivity contribution in [2.45, 2.75) is 154 Å². The molecule has 0 amide bonds. The van der Waals surface area contributed by atoms with Crippen LogP contribution in [0, 0.1) is 0 Å². The molecule has 5 nitrogen and oxygen atoms in total. The molecular formula is C25H56O5Si3. The van der Waals surface area contributed by atoms with Gasteiger partial charge in [-0.3, -0.25) is 0 Å². The summed E-state index contributed by atoms with van der Waals surface area (Å²) in [6, 6.07) is 0. The Labute approximate surface area is 209 Å². The molecular weight excluding hydrogens is 465 g/mol. The van der Waals surface area contributed by atoms with E-state index in [0.29, 0.717) is 0 Å². The minimum Gasteiger partial charge on any atom is -0.409 e. The smallest absolute Gasteiger partial charge is 0.192 e. The second kappa shape index (κ2) is 10.1. The van der Waals surface area contributed by atoms with Gasteiger partial charge in [-0.15, -0.1) is 0 Å². The third-order valence-electron chi connectivity index (χ3n) is 8.67. The minimum absolute atomic E-state index is 0.0612. The second-order valence-electron chi connectivity index (χ2n) is 14.5. The van der Waals surface area contributed by atoms with Gasteiger partial charge < -0.3 is 22.8 Å². The summed E-state index contributed by atoms with van der Waals surface area (Å²) in [6.45, 7) is 36.3. The van der Waals surface area contributed by atoms with Gasteiger partial charge in [0.1, 0.15) is 12.2 Å². The Bertz CT molecular complexity index is 644. The monoisotopic (exact) mass is 520 g/mol. The molecule has 198 valence electrons. The highest BCUT2D eigenvalue weighted by Crippen LogP contribution is 2.45. The van der Waals surface area contributed by atoms with Crippen molar-refractivity contribution in [2.24, 2.45) is 0 Å². The third kappa shape index (κ3) is 7.24. The fraction of sp³-hybridized carbons (Fsp3) is 1.00. The van der Waals surface area contributed by atoms with Gasteiger partial charge in [0.25, 0.3) is 0 Å². The Morgan fingerprint density at radius 1 is 0.545 bits per heavy atom. The molecule has 0 aromatic rings. The van der Waals surface area contributed by atoms with E-state index in [4.69, 9.17) is 22.8 Å². The van der Waals surface area contributed by atoms with Crippen LogP contribution in [-0.2, 0) is 22.8 Å². The van der Waals surface area contributed by atoms with Gasteiger partial charge in [-0.05, 0) is 61.3 Å². The number of rotatable bonds is 7. The SMILES string of the molecule is CO[C@H]1O[C@H](C)[C@H](O[Si](C)(C)C(C)(C)C)[C@H](O[Si](C)(C)C(C)(C)C)[C@H]1O[Si](C)(C)C(C)(C)C. The zero-order valence-electron chi connectivity index (χ0n) is 24.9. The van der Waals surface area contributed by atoms with E-state index in [0.717, 1.165) is 0 Å². The lowest BCUT2D eigenvalue weighted by molar-refractivity contribution is -0.276. The van der Waals surface area contributed by atoms with Crippen LogP contribution in [0.3, 0.4) is 0 Å². The predicted octanol–water partition coefficient (Wildman–Crippen LogP) is 7.55. The lowest BCUT2D eigenvalue weighted by Gasteiger charge is -2.54. The van der Waals surface area contributed by atoms with E-state index in [2.05, 4.69) is 109 Å². The molecule has 0 spiro atoms. The van der Waals surface area contributed by atoms with Crippen LogP contribution in [0.2, 0.25) is 54.4 Å². The Morgan fingerprint density at radius 3 is 1.15 bits per heavy atom. The largest absolute Gasteiger partial charge is 0.409 e. The zero-order chi connectivity index (χ0) is 26.4. The second-order valence-corrected chi connectivity index (χ2v) is 28.7. The maximum atomic E-state index is 7.16. The highest BCUT2D eigenvalue weighted by atomic mass is 28.4. The van der Waals surface area contributed by atoms with Crippen LogP contribution in [0.1, 0.15) is 69.2 Å². The van der Waals surface area contributed by atoms with Crippen molar-refractivity contribution in [1.82, 2.24) is 0 Å². The van der Waals surface area contributed by atoms with Gasteiger partial charge in [0.05, 0.1) is 12.2 Å². The standard InChI is InChI=1S/C25H56O5Si3/c1-18-19(28-31(12,13)23(2,3)4)20(29-32(14,15)24(5,6)7)21(22(26-11)27-18)30-33(16,17)25(8,9)10/h18-22H,1-17H3/t18-,19+,20+,21-,22+/m1/s1. The topological polar surface area (TPSA) is 46.2 Å². The van der Waals surface area contributed by atoms with Gasteiger partial charge >= 0.3 is 0 Å². The Hall–Kier alpha value is 0.451. The summed E-state index contributed by atoms with van der Waals surface area (Å²) in [4.78, 5) is 0. The summed E-state index contributed by atoms with van der Waals surface area (Å²) in [6.07, 6.45) is -1.43. The Balaban J connectivity index is 3.58. The first kappa shape index (κ1) is 31.5. The van der Waals surface area contributed by atoms with E-state index in [1.54, 1.807) is 7.11 Å². The maximum Gasteiger partial charge on any atom is 0.192 e. The van der Waals surface area contributed by atoms with Crippen molar-refractivity contribution < 1.29 is 22.8 Å². The molecule has 1 heterocycles. The molecule has 0 aromatic heterocycles. The highest BCUT2D eigenvalue weighted by molar-refractivity contribution is 6.75. The predicted molar refractivity (Wildman–Crippen MR) is 148 cm³/mol. The van der Waals surface area contributed by atoms with Crippen LogP contribution < -0.4 is 0 Å². The molecule has 0 saturated carbocycles. The van der Waals surface area contributed by atoms with Gasteiger partial charge in [-0.1, -0.05) is 62.3 Å². The summed E-state index contributed by atoms with van der Waals surface area (Å²) in [7, 11) is -4.64. The summed E-state index contributed by atoms with van der Waals surface area (Å²) < 4.78 is 33.5. The normalized spacial score (nSPS) is 28.8. The first-order chi connectivity index (χ1) is 14.4. The van der Waals surface area contributed by atoms with Crippen molar-refractivity contribution >= 4 is 25.0 Å². The average Bonchev–Trinajstić information content (AvgIpc) is 2.56. The van der Waals surface area contributed by atoms with E-state index in [-0.39, 0.29) is 39.5 Å². The number of hydrogen-bond donors (Lipinski definition) is 0. The van der Waals surface area contributed by atoms with Crippen LogP contribution in [0.15, 0.2) is 0 Å². The van der Waals surface area contributed by atoms with Crippen molar-refractivity contribution in [3.8, 4) is 0 Å². The van der Waals surface area contributed by atoms with Crippen LogP contribution in [0.25, 0.3) is 0 Å². The van der Waals surface area contributed by atoms with Gasteiger partial charge in [0, 0.05) is 7.11 Å². The molecule has 0 radical (unpaired) electrons. The quantitative estimate of drug-likeness (QED) is 0.324. The minimum atomic E-state index is -2.13. The molecule has 8 heteroatoms. The molecule has 0 N–H and O–H groups in total. The lowest BCUT2D eigenvalue weighted by atomic mass is 10.00. The zero-order valence-corrected chi connectivity index (χ0v) is 27.9.